The summed E-state index contributed by atoms with van der Waals surface area (Å²) < 4.78 is 0. The van der Waals surface area contributed by atoms with Crippen LogP contribution in [-0.4, -0.2) is 45.2 Å². The molecule has 2 N–H and O–H groups in total. The van der Waals surface area contributed by atoms with Crippen LogP contribution in [-0.2, 0) is 4.84 Å². The Bertz CT molecular complexity index is 240. The molecule has 96 valence electrons. The van der Waals surface area contributed by atoms with Gasteiger partial charge >= 0.3 is 0 Å². The number of hydrogen-bond donors (Lipinski definition) is 2. The van der Waals surface area contributed by atoms with Crippen LogP contribution in [0.15, 0.2) is 0 Å². The van der Waals surface area contributed by atoms with E-state index in [1.165, 1.54) is 0 Å². The van der Waals surface area contributed by atoms with Gasteiger partial charge in [0.05, 0.1) is 18.2 Å². The molecular weight excluding hydrogens is 206 g/mol. The van der Waals surface area contributed by atoms with E-state index in [1.807, 2.05) is 32.8 Å². The summed E-state index contributed by atoms with van der Waals surface area (Å²) >= 11 is 0. The van der Waals surface area contributed by atoms with Crippen molar-refractivity contribution in [2.45, 2.75) is 70.7 Å². The summed E-state index contributed by atoms with van der Waals surface area (Å²) in [4.78, 5) is 5.74. The Morgan fingerprint density at radius 3 is 2.31 bits per heavy atom. The average Bonchev–Trinajstić information content (AvgIpc) is 2.13. The van der Waals surface area contributed by atoms with Gasteiger partial charge in [-0.1, -0.05) is 6.92 Å². The van der Waals surface area contributed by atoms with E-state index in [1.54, 1.807) is 0 Å². The topological polar surface area (TPSA) is 52.9 Å². The van der Waals surface area contributed by atoms with Gasteiger partial charge in [-0.05, 0) is 40.5 Å². The minimum Gasteiger partial charge on any atom is -0.390 e. The van der Waals surface area contributed by atoms with E-state index in [4.69, 9.17) is 4.84 Å². The van der Waals surface area contributed by atoms with Crippen LogP contribution in [0.3, 0.4) is 0 Å². The monoisotopic (exact) mass is 231 g/mol. The lowest BCUT2D eigenvalue weighted by Gasteiger charge is -2.55. The zero-order chi connectivity index (χ0) is 12.6. The highest BCUT2D eigenvalue weighted by molar-refractivity contribution is 5.02. The third kappa shape index (κ3) is 2.40. The number of nitrogens with zero attached hydrogens (tertiary/aromatic N) is 1. The molecule has 0 bridgehead atoms. The van der Waals surface area contributed by atoms with E-state index in [0.29, 0.717) is 13.0 Å². The van der Waals surface area contributed by atoms with Crippen LogP contribution in [0.2, 0.25) is 0 Å². The largest absolute Gasteiger partial charge is 0.390 e. The fraction of sp³-hybridized carbons (Fsp3) is 1.00. The van der Waals surface area contributed by atoms with Crippen LogP contribution >= 0.6 is 0 Å². The van der Waals surface area contributed by atoms with Crippen molar-refractivity contribution in [3.63, 3.8) is 0 Å². The van der Waals surface area contributed by atoms with Crippen molar-refractivity contribution in [3.05, 3.63) is 0 Å². The molecular formula is C12H25NO3. The average molecular weight is 231 g/mol. The molecule has 4 heteroatoms. The van der Waals surface area contributed by atoms with Gasteiger partial charge < -0.3 is 10.2 Å². The lowest BCUT2D eigenvalue weighted by molar-refractivity contribution is -0.318. The molecule has 2 atom stereocenters. The summed E-state index contributed by atoms with van der Waals surface area (Å²) in [6, 6.07) is 0. The molecule has 4 nitrogen and oxygen atoms in total. The Morgan fingerprint density at radius 2 is 1.81 bits per heavy atom. The fourth-order valence-corrected chi connectivity index (χ4v) is 2.60. The smallest absolute Gasteiger partial charge is 0.100 e. The third-order valence-corrected chi connectivity index (χ3v) is 3.29. The summed E-state index contributed by atoms with van der Waals surface area (Å²) in [7, 11) is 0. The highest BCUT2D eigenvalue weighted by Gasteiger charge is 2.51. The van der Waals surface area contributed by atoms with Gasteiger partial charge in [0.2, 0.25) is 0 Å². The molecule has 1 rings (SSSR count). The molecule has 0 saturated carbocycles. The van der Waals surface area contributed by atoms with Crippen molar-refractivity contribution in [2.75, 3.05) is 6.61 Å². The highest BCUT2D eigenvalue weighted by atomic mass is 16.7. The van der Waals surface area contributed by atoms with E-state index >= 15 is 0 Å². The first-order valence-electron chi connectivity index (χ1n) is 6.03. The van der Waals surface area contributed by atoms with Gasteiger partial charge in [0.25, 0.3) is 0 Å². The molecule has 1 aliphatic rings. The summed E-state index contributed by atoms with van der Waals surface area (Å²) in [6.45, 7) is 10.5. The van der Waals surface area contributed by atoms with Crippen LogP contribution in [0.25, 0.3) is 0 Å². The predicted octanol–water partition coefficient (Wildman–Crippen LogP) is 1.31. The molecule has 2 unspecified atom stereocenters. The Labute approximate surface area is 98.2 Å². The molecule has 0 aliphatic carbocycles. The van der Waals surface area contributed by atoms with Gasteiger partial charge in [-0.2, -0.15) is 5.06 Å². The van der Waals surface area contributed by atoms with E-state index in [2.05, 4.69) is 6.92 Å². The van der Waals surface area contributed by atoms with Crippen molar-refractivity contribution < 1.29 is 15.1 Å². The van der Waals surface area contributed by atoms with E-state index < -0.39 is 17.7 Å². The summed E-state index contributed by atoms with van der Waals surface area (Å²) in [5.74, 6) is 0. The van der Waals surface area contributed by atoms with Gasteiger partial charge in [-0.3, -0.25) is 4.84 Å². The fourth-order valence-electron chi connectivity index (χ4n) is 2.60. The minimum absolute atomic E-state index is 0.267. The first-order valence-corrected chi connectivity index (χ1v) is 6.03. The number of hydrogen-bond acceptors (Lipinski definition) is 4. The standard InChI is InChI=1S/C12H25NO3/c1-6-7-16-13-11(2,3)8-9(14)10(15)12(13,4)5/h9-10,14-15H,6-8H2,1-5H3. The van der Waals surface area contributed by atoms with Crippen molar-refractivity contribution in [2.24, 2.45) is 0 Å². The maximum absolute atomic E-state index is 10.0. The van der Waals surface area contributed by atoms with Crippen LogP contribution in [0.1, 0.15) is 47.5 Å². The van der Waals surface area contributed by atoms with Gasteiger partial charge in [0.1, 0.15) is 6.10 Å². The maximum Gasteiger partial charge on any atom is 0.100 e. The number of rotatable bonds is 3. The van der Waals surface area contributed by atoms with Crippen LogP contribution in [0, 0.1) is 0 Å². The van der Waals surface area contributed by atoms with E-state index in [9.17, 15) is 10.2 Å². The maximum atomic E-state index is 10.0. The molecule has 0 spiro atoms. The summed E-state index contributed by atoms with van der Waals surface area (Å²) in [5.41, 5.74) is -0.840. The molecule has 1 fully saturated rings. The lowest BCUT2D eigenvalue weighted by Crippen LogP contribution is -2.68. The Kier molecular flexibility index (Phi) is 4.00. The molecule has 1 heterocycles. The third-order valence-electron chi connectivity index (χ3n) is 3.29. The molecule has 0 amide bonds. The second-order valence-corrected chi connectivity index (χ2v) is 5.81. The molecule has 0 aromatic rings. The second kappa shape index (κ2) is 4.61. The second-order valence-electron chi connectivity index (χ2n) is 5.81. The zero-order valence-corrected chi connectivity index (χ0v) is 11.0. The van der Waals surface area contributed by atoms with Crippen molar-refractivity contribution in [3.8, 4) is 0 Å². The molecule has 0 aromatic carbocycles. The normalized spacial score (nSPS) is 33.9. The molecule has 0 radical (unpaired) electrons. The van der Waals surface area contributed by atoms with Crippen molar-refractivity contribution in [1.82, 2.24) is 5.06 Å². The van der Waals surface area contributed by atoms with Crippen molar-refractivity contribution >= 4 is 0 Å². The van der Waals surface area contributed by atoms with E-state index in [0.717, 1.165) is 6.42 Å². The Morgan fingerprint density at radius 1 is 1.25 bits per heavy atom. The lowest BCUT2D eigenvalue weighted by atomic mass is 9.78. The minimum atomic E-state index is -0.780. The SMILES string of the molecule is CCCON1C(C)(C)CC(O)C(O)C1(C)C. The Balaban J connectivity index is 2.90. The molecule has 16 heavy (non-hydrogen) atoms. The van der Waals surface area contributed by atoms with Crippen molar-refractivity contribution in [1.29, 1.82) is 0 Å². The quantitative estimate of drug-likeness (QED) is 0.769. The zero-order valence-electron chi connectivity index (χ0n) is 11.0. The van der Waals surface area contributed by atoms with Gasteiger partial charge in [-0.25, -0.2) is 0 Å². The summed E-state index contributed by atoms with van der Waals surface area (Å²) in [5, 5.41) is 21.7. The van der Waals surface area contributed by atoms with Crippen LogP contribution in [0.5, 0.6) is 0 Å². The number of aliphatic hydroxyl groups is 2. The molecule has 1 aliphatic heterocycles. The first-order chi connectivity index (χ1) is 7.23. The molecule has 0 aromatic heterocycles. The van der Waals surface area contributed by atoms with Gasteiger partial charge in [0, 0.05) is 5.54 Å². The number of piperidine rings is 1. The first kappa shape index (κ1) is 13.9. The van der Waals surface area contributed by atoms with E-state index in [-0.39, 0.29) is 5.54 Å². The number of hydroxylamine groups is 2. The predicted molar refractivity (Wildman–Crippen MR) is 62.9 cm³/mol. The van der Waals surface area contributed by atoms with Gasteiger partial charge in [-0.15, -0.1) is 0 Å². The Hall–Kier alpha value is -0.160. The molecule has 1 saturated heterocycles. The highest BCUT2D eigenvalue weighted by Crippen LogP contribution is 2.38. The van der Waals surface area contributed by atoms with Crippen LogP contribution in [0.4, 0.5) is 0 Å². The number of aliphatic hydroxyl groups excluding tert-OH is 2. The summed E-state index contributed by atoms with van der Waals surface area (Å²) in [6.07, 6.45) is -0.0216. The van der Waals surface area contributed by atoms with Crippen LogP contribution < -0.4 is 0 Å². The van der Waals surface area contributed by atoms with Gasteiger partial charge in [0.15, 0.2) is 0 Å².